The van der Waals surface area contributed by atoms with Crippen molar-refractivity contribution in [2.75, 3.05) is 6.61 Å². The molecule has 6 nitrogen and oxygen atoms in total. The summed E-state index contributed by atoms with van der Waals surface area (Å²) in [6.45, 7) is 6.06. The van der Waals surface area contributed by atoms with Gasteiger partial charge in [0.05, 0.1) is 12.8 Å². The largest absolute Gasteiger partial charge is 0.494 e. The second kappa shape index (κ2) is 5.95. The van der Waals surface area contributed by atoms with E-state index in [9.17, 15) is 9.59 Å². The van der Waals surface area contributed by atoms with Gasteiger partial charge in [-0.15, -0.1) is 5.01 Å². The molecule has 6 heteroatoms. The normalized spacial score (nSPS) is 22.0. The van der Waals surface area contributed by atoms with Crippen LogP contribution in [-0.2, 0) is 4.79 Å². The molecule has 0 aliphatic carbocycles. The van der Waals surface area contributed by atoms with E-state index in [1.165, 1.54) is 6.21 Å². The Balaban J connectivity index is 2.10. The molecular formula is C15H19N3O3. The molecule has 1 aliphatic heterocycles. The molecule has 1 unspecified atom stereocenters. The molecule has 0 saturated carbocycles. The van der Waals surface area contributed by atoms with E-state index in [4.69, 9.17) is 4.74 Å². The van der Waals surface area contributed by atoms with Crippen molar-refractivity contribution >= 4 is 18.2 Å². The number of imide groups is 1. The van der Waals surface area contributed by atoms with Gasteiger partial charge >= 0.3 is 6.03 Å². The quantitative estimate of drug-likeness (QED) is 0.667. The molecule has 3 amide bonds. The summed E-state index contributed by atoms with van der Waals surface area (Å²) in [5, 5.41) is 7.50. The molecule has 1 aromatic rings. The molecule has 21 heavy (non-hydrogen) atoms. The maximum atomic E-state index is 12.1. The van der Waals surface area contributed by atoms with Crippen LogP contribution in [0.5, 0.6) is 5.75 Å². The van der Waals surface area contributed by atoms with Crippen LogP contribution in [-0.4, -0.2) is 35.3 Å². The number of nitrogens with one attached hydrogen (secondary N) is 1. The summed E-state index contributed by atoms with van der Waals surface area (Å²) in [5.41, 5.74) is -0.0862. The van der Waals surface area contributed by atoms with Crippen molar-refractivity contribution in [1.82, 2.24) is 10.3 Å². The van der Waals surface area contributed by atoms with Crippen molar-refractivity contribution in [2.24, 2.45) is 5.10 Å². The number of amides is 3. The minimum absolute atomic E-state index is 0.336. The number of rotatable bonds is 5. The van der Waals surface area contributed by atoms with Crippen LogP contribution in [0, 0.1) is 0 Å². The molecule has 1 aliphatic rings. The zero-order chi connectivity index (χ0) is 15.5. The van der Waals surface area contributed by atoms with Crippen LogP contribution in [0.1, 0.15) is 32.8 Å². The van der Waals surface area contributed by atoms with Crippen molar-refractivity contribution in [3.05, 3.63) is 29.8 Å². The Bertz CT molecular complexity index is 568. The zero-order valence-corrected chi connectivity index (χ0v) is 12.4. The molecule has 1 saturated heterocycles. The van der Waals surface area contributed by atoms with Crippen molar-refractivity contribution < 1.29 is 14.3 Å². The fourth-order valence-corrected chi connectivity index (χ4v) is 1.95. The van der Waals surface area contributed by atoms with Crippen LogP contribution in [0.4, 0.5) is 4.79 Å². The lowest BCUT2D eigenvalue weighted by atomic mass is 10.00. The molecular weight excluding hydrogens is 270 g/mol. The third-order valence-corrected chi connectivity index (χ3v) is 3.46. The first-order valence-corrected chi connectivity index (χ1v) is 6.93. The van der Waals surface area contributed by atoms with Gasteiger partial charge in [-0.25, -0.2) is 4.79 Å². The van der Waals surface area contributed by atoms with Crippen LogP contribution in [0.25, 0.3) is 0 Å². The van der Waals surface area contributed by atoms with E-state index in [1.807, 2.05) is 38.1 Å². The van der Waals surface area contributed by atoms with E-state index in [0.717, 1.165) is 16.3 Å². The standard InChI is InChI=1S/C15H19N3O3/c1-4-15(3)13(19)18(14(20)17-15)16-10-11-6-8-12(9-7-11)21-5-2/h6-10H,4-5H2,1-3H3,(H,17,20). The SMILES string of the molecule is CCOc1ccc(C=NN2C(=O)NC(C)(CC)C2=O)cc1. The average Bonchev–Trinajstić information content (AvgIpc) is 2.70. The second-order valence-electron chi connectivity index (χ2n) is 4.98. The van der Waals surface area contributed by atoms with Crippen LogP contribution >= 0.6 is 0 Å². The summed E-state index contributed by atoms with van der Waals surface area (Å²) in [4.78, 5) is 23.9. The first kappa shape index (κ1) is 15.0. The van der Waals surface area contributed by atoms with Crippen LogP contribution < -0.4 is 10.1 Å². The van der Waals surface area contributed by atoms with Gasteiger partial charge in [0.25, 0.3) is 5.91 Å². The summed E-state index contributed by atoms with van der Waals surface area (Å²) >= 11 is 0. The maximum Gasteiger partial charge on any atom is 0.346 e. The van der Waals surface area contributed by atoms with Crippen LogP contribution in [0.3, 0.4) is 0 Å². The molecule has 112 valence electrons. The van der Waals surface area contributed by atoms with Gasteiger partial charge in [-0.1, -0.05) is 6.92 Å². The Labute approximate surface area is 123 Å². The number of carbonyl (C=O) groups is 2. The number of hydrogen-bond acceptors (Lipinski definition) is 4. The number of hydrogen-bond donors (Lipinski definition) is 1. The number of nitrogens with zero attached hydrogens (tertiary/aromatic N) is 2. The average molecular weight is 289 g/mol. The summed E-state index contributed by atoms with van der Waals surface area (Å²) in [6.07, 6.45) is 2.00. The summed E-state index contributed by atoms with van der Waals surface area (Å²) in [5.74, 6) is 0.431. The monoisotopic (exact) mass is 289 g/mol. The van der Waals surface area contributed by atoms with Crippen molar-refractivity contribution in [3.63, 3.8) is 0 Å². The smallest absolute Gasteiger partial charge is 0.346 e. The fourth-order valence-electron chi connectivity index (χ4n) is 1.95. The molecule has 1 heterocycles. The second-order valence-corrected chi connectivity index (χ2v) is 4.98. The molecule has 0 spiro atoms. The van der Waals surface area contributed by atoms with E-state index >= 15 is 0 Å². The summed E-state index contributed by atoms with van der Waals surface area (Å²) < 4.78 is 5.34. The minimum Gasteiger partial charge on any atom is -0.494 e. The number of ether oxygens (including phenoxy) is 1. The van der Waals surface area contributed by atoms with E-state index in [2.05, 4.69) is 10.4 Å². The predicted molar refractivity (Wildman–Crippen MR) is 79.3 cm³/mol. The van der Waals surface area contributed by atoms with Crippen LogP contribution in [0.2, 0.25) is 0 Å². The molecule has 0 bridgehead atoms. The van der Waals surface area contributed by atoms with E-state index in [1.54, 1.807) is 6.92 Å². The lowest BCUT2D eigenvalue weighted by Gasteiger charge is -2.17. The van der Waals surface area contributed by atoms with Gasteiger partial charge in [-0.2, -0.15) is 5.10 Å². The predicted octanol–water partition coefficient (Wildman–Crippen LogP) is 2.14. The third kappa shape index (κ3) is 3.04. The maximum absolute atomic E-state index is 12.1. The Hall–Kier alpha value is -2.37. The minimum atomic E-state index is -0.868. The van der Waals surface area contributed by atoms with E-state index in [0.29, 0.717) is 13.0 Å². The first-order valence-electron chi connectivity index (χ1n) is 6.93. The number of benzene rings is 1. The molecule has 1 fully saturated rings. The molecule has 0 aromatic heterocycles. The summed E-state index contributed by atoms with van der Waals surface area (Å²) in [7, 11) is 0. The molecule has 1 aromatic carbocycles. The van der Waals surface area contributed by atoms with Crippen molar-refractivity contribution in [2.45, 2.75) is 32.7 Å². The highest BCUT2D eigenvalue weighted by molar-refractivity contribution is 6.07. The highest BCUT2D eigenvalue weighted by atomic mass is 16.5. The molecule has 0 radical (unpaired) electrons. The van der Waals surface area contributed by atoms with Gasteiger partial charge in [-0.3, -0.25) is 4.79 Å². The molecule has 1 atom stereocenters. The van der Waals surface area contributed by atoms with Crippen molar-refractivity contribution in [1.29, 1.82) is 0 Å². The van der Waals surface area contributed by atoms with Gasteiger partial charge in [0.2, 0.25) is 0 Å². The lowest BCUT2D eigenvalue weighted by molar-refractivity contribution is -0.130. The Kier molecular flexibility index (Phi) is 4.26. The van der Waals surface area contributed by atoms with Crippen molar-refractivity contribution in [3.8, 4) is 5.75 Å². The van der Waals surface area contributed by atoms with E-state index in [-0.39, 0.29) is 5.91 Å². The highest BCUT2D eigenvalue weighted by Gasteiger charge is 2.46. The van der Waals surface area contributed by atoms with Gasteiger partial charge < -0.3 is 10.1 Å². The van der Waals surface area contributed by atoms with Gasteiger partial charge in [0.15, 0.2) is 0 Å². The lowest BCUT2D eigenvalue weighted by Crippen LogP contribution is -2.42. The van der Waals surface area contributed by atoms with Gasteiger partial charge in [-0.05, 0) is 50.1 Å². The zero-order valence-electron chi connectivity index (χ0n) is 12.4. The first-order chi connectivity index (χ1) is 10.00. The number of carbonyl (C=O) groups excluding carboxylic acids is 2. The highest BCUT2D eigenvalue weighted by Crippen LogP contribution is 2.21. The number of urea groups is 1. The molecule has 2 rings (SSSR count). The summed E-state index contributed by atoms with van der Waals surface area (Å²) in [6, 6.07) is 6.75. The number of hydrazone groups is 1. The Morgan fingerprint density at radius 3 is 2.48 bits per heavy atom. The van der Waals surface area contributed by atoms with Crippen LogP contribution in [0.15, 0.2) is 29.4 Å². The molecule has 1 N–H and O–H groups in total. The topological polar surface area (TPSA) is 71.0 Å². The Morgan fingerprint density at radius 2 is 1.95 bits per heavy atom. The Morgan fingerprint density at radius 1 is 1.29 bits per heavy atom. The third-order valence-electron chi connectivity index (χ3n) is 3.46. The fraction of sp³-hybridized carbons (Fsp3) is 0.400. The van der Waals surface area contributed by atoms with Gasteiger partial charge in [0, 0.05) is 0 Å². The van der Waals surface area contributed by atoms with E-state index < -0.39 is 11.6 Å². The van der Waals surface area contributed by atoms with Gasteiger partial charge in [0.1, 0.15) is 11.3 Å².